The zero-order valence-electron chi connectivity index (χ0n) is 21.0. The second kappa shape index (κ2) is 10.8. The van der Waals surface area contributed by atoms with E-state index in [0.717, 1.165) is 50.8 Å². The van der Waals surface area contributed by atoms with Crippen LogP contribution in [0.3, 0.4) is 0 Å². The van der Waals surface area contributed by atoms with Gasteiger partial charge in [-0.3, -0.25) is 9.59 Å². The molecule has 7 heteroatoms. The molecule has 0 unspecified atom stereocenters. The number of likely N-dealkylation sites (tertiary alicyclic amines) is 1. The Kier molecular flexibility index (Phi) is 7.54. The first-order valence-corrected chi connectivity index (χ1v) is 13.5. The maximum Gasteiger partial charge on any atom is 0.226 e. The van der Waals surface area contributed by atoms with E-state index in [1.807, 2.05) is 47.1 Å². The highest BCUT2D eigenvalue weighted by Crippen LogP contribution is 2.32. The van der Waals surface area contributed by atoms with Gasteiger partial charge in [-0.2, -0.15) is 0 Å². The Labute approximate surface area is 218 Å². The molecule has 0 bridgehead atoms. The van der Waals surface area contributed by atoms with Gasteiger partial charge >= 0.3 is 0 Å². The number of carbonyl (C=O) groups excluding carboxylic acids is 2. The van der Waals surface area contributed by atoms with Crippen LogP contribution < -0.4 is 4.74 Å². The van der Waals surface area contributed by atoms with Crippen molar-refractivity contribution in [2.24, 2.45) is 5.92 Å². The molecule has 2 heterocycles. The summed E-state index contributed by atoms with van der Waals surface area (Å²) in [5, 5.41) is 0.681. The van der Waals surface area contributed by atoms with Crippen molar-refractivity contribution in [3.05, 3.63) is 64.2 Å². The number of hydrogen-bond donors (Lipinski definition) is 0. The quantitative estimate of drug-likeness (QED) is 0.576. The number of hydrogen-bond acceptors (Lipinski definition) is 4. The first kappa shape index (κ1) is 25.1. The number of benzene rings is 2. The van der Waals surface area contributed by atoms with Gasteiger partial charge in [0.1, 0.15) is 18.0 Å². The van der Waals surface area contributed by atoms with Crippen LogP contribution in [0, 0.1) is 12.8 Å². The molecule has 5 rings (SSSR count). The molecule has 2 amide bonds. The largest absolute Gasteiger partial charge is 0.490 e. The van der Waals surface area contributed by atoms with E-state index in [1.54, 1.807) is 0 Å². The summed E-state index contributed by atoms with van der Waals surface area (Å²) < 4.78 is 12.5. The molecular weight excluding hydrogens is 476 g/mol. The van der Waals surface area contributed by atoms with Crippen LogP contribution in [0.5, 0.6) is 5.75 Å². The molecule has 0 aromatic heterocycles. The maximum absolute atomic E-state index is 13.6. The van der Waals surface area contributed by atoms with E-state index < -0.39 is 5.60 Å². The number of carbonyl (C=O) groups is 2. The average molecular weight is 511 g/mol. The van der Waals surface area contributed by atoms with Gasteiger partial charge in [-0.1, -0.05) is 35.9 Å². The molecule has 1 aliphatic carbocycles. The van der Waals surface area contributed by atoms with Gasteiger partial charge in [0.2, 0.25) is 11.8 Å². The zero-order valence-corrected chi connectivity index (χ0v) is 21.8. The highest BCUT2D eigenvalue weighted by molar-refractivity contribution is 6.31. The predicted molar refractivity (Wildman–Crippen MR) is 139 cm³/mol. The molecule has 1 atom stereocenters. The summed E-state index contributed by atoms with van der Waals surface area (Å²) in [6, 6.07) is 13.8. The van der Waals surface area contributed by atoms with Crippen LogP contribution in [0.4, 0.5) is 0 Å². The molecule has 0 radical (unpaired) electrons. The fourth-order valence-corrected chi connectivity index (χ4v) is 5.84. The molecular formula is C29H35ClN2O4. The lowest BCUT2D eigenvalue weighted by atomic mass is 9.94. The minimum absolute atomic E-state index is 0.0594. The predicted octanol–water partition coefficient (Wildman–Crippen LogP) is 4.44. The number of rotatable bonds is 6. The second-order valence-electron chi connectivity index (χ2n) is 10.5. The maximum atomic E-state index is 13.6. The smallest absolute Gasteiger partial charge is 0.226 e. The number of halogens is 1. The number of fused-ring (bicyclic) bond motifs is 1. The van der Waals surface area contributed by atoms with Crippen LogP contribution in [0.2, 0.25) is 5.02 Å². The molecule has 2 aliphatic heterocycles. The van der Waals surface area contributed by atoms with Crippen molar-refractivity contribution in [2.45, 2.75) is 51.0 Å². The van der Waals surface area contributed by atoms with Crippen molar-refractivity contribution in [3.8, 4) is 5.75 Å². The van der Waals surface area contributed by atoms with Gasteiger partial charge in [-0.25, -0.2) is 0 Å². The van der Waals surface area contributed by atoms with Crippen LogP contribution in [-0.4, -0.2) is 66.6 Å². The van der Waals surface area contributed by atoms with E-state index in [0.29, 0.717) is 30.5 Å². The SMILES string of the molecule is Cc1cc(OC[C@@]2(CC(=O)N3CCCCC3)CN(C(=O)C3Cc4ccccc4C3)CCO2)ccc1Cl. The number of nitrogens with zero attached hydrogens (tertiary/aromatic N) is 2. The van der Waals surface area contributed by atoms with Gasteiger partial charge in [-0.15, -0.1) is 0 Å². The minimum atomic E-state index is -0.887. The lowest BCUT2D eigenvalue weighted by Crippen LogP contribution is -2.59. The van der Waals surface area contributed by atoms with Gasteiger partial charge < -0.3 is 19.3 Å². The molecule has 2 fully saturated rings. The first-order valence-electron chi connectivity index (χ1n) is 13.1. The van der Waals surface area contributed by atoms with Crippen molar-refractivity contribution in [1.82, 2.24) is 9.80 Å². The average Bonchev–Trinajstić information content (AvgIpc) is 3.34. The number of amides is 2. The molecule has 6 nitrogen and oxygen atoms in total. The zero-order chi connectivity index (χ0) is 25.1. The molecule has 2 aromatic carbocycles. The van der Waals surface area contributed by atoms with Crippen LogP contribution in [0.1, 0.15) is 42.4 Å². The van der Waals surface area contributed by atoms with Gasteiger partial charge in [0.05, 0.1) is 19.6 Å². The molecule has 3 aliphatic rings. The second-order valence-corrected chi connectivity index (χ2v) is 10.9. The van der Waals surface area contributed by atoms with Gasteiger partial charge in [0.15, 0.2) is 0 Å². The standard InChI is InChI=1S/C29H35ClN2O4/c1-21-15-25(9-10-26(21)30)35-20-29(18-27(33)31-11-5-2-6-12-31)19-32(13-14-36-29)28(34)24-16-22-7-3-4-8-23(22)17-24/h3-4,7-10,15,24H,2,5-6,11-14,16-20H2,1H3/t29-/m1/s1. The summed E-state index contributed by atoms with van der Waals surface area (Å²) in [5.41, 5.74) is 2.56. The van der Waals surface area contributed by atoms with Crippen LogP contribution in [0.15, 0.2) is 42.5 Å². The van der Waals surface area contributed by atoms with Crippen molar-refractivity contribution in [3.63, 3.8) is 0 Å². The lowest BCUT2D eigenvalue weighted by Gasteiger charge is -2.43. The fourth-order valence-electron chi connectivity index (χ4n) is 5.72. The van der Waals surface area contributed by atoms with E-state index in [9.17, 15) is 9.59 Å². The summed E-state index contributed by atoms with van der Waals surface area (Å²) >= 11 is 6.19. The number of morpholine rings is 1. The Morgan fingerprint density at radius 1 is 1.03 bits per heavy atom. The van der Waals surface area contributed by atoms with E-state index in [1.165, 1.54) is 11.1 Å². The summed E-state index contributed by atoms with van der Waals surface area (Å²) in [7, 11) is 0. The Morgan fingerprint density at radius 3 is 2.44 bits per heavy atom. The van der Waals surface area contributed by atoms with E-state index >= 15 is 0 Å². The number of aryl methyl sites for hydroxylation is 1. The van der Waals surface area contributed by atoms with E-state index in [2.05, 4.69) is 12.1 Å². The summed E-state index contributed by atoms with van der Waals surface area (Å²) in [4.78, 5) is 30.8. The van der Waals surface area contributed by atoms with Crippen LogP contribution in [-0.2, 0) is 27.2 Å². The monoisotopic (exact) mass is 510 g/mol. The van der Waals surface area contributed by atoms with E-state index in [4.69, 9.17) is 21.1 Å². The molecule has 0 saturated carbocycles. The third-order valence-electron chi connectivity index (χ3n) is 7.77. The highest BCUT2D eigenvalue weighted by atomic mass is 35.5. The molecule has 2 saturated heterocycles. The van der Waals surface area contributed by atoms with Crippen molar-refractivity contribution < 1.29 is 19.1 Å². The fraction of sp³-hybridized carbons (Fsp3) is 0.517. The first-order chi connectivity index (χ1) is 17.4. The molecule has 36 heavy (non-hydrogen) atoms. The summed E-state index contributed by atoms with van der Waals surface area (Å²) in [5.74, 6) is 0.843. The molecule has 2 aromatic rings. The Balaban J connectivity index is 1.32. The Morgan fingerprint density at radius 2 is 1.75 bits per heavy atom. The van der Waals surface area contributed by atoms with Gasteiger partial charge in [0, 0.05) is 30.6 Å². The van der Waals surface area contributed by atoms with Gasteiger partial charge in [0.25, 0.3) is 0 Å². The van der Waals surface area contributed by atoms with Crippen molar-refractivity contribution >= 4 is 23.4 Å². The molecule has 0 spiro atoms. The van der Waals surface area contributed by atoms with Crippen LogP contribution in [0.25, 0.3) is 0 Å². The van der Waals surface area contributed by atoms with Gasteiger partial charge in [-0.05, 0) is 73.9 Å². The molecule has 0 N–H and O–H groups in total. The van der Waals surface area contributed by atoms with Crippen LogP contribution >= 0.6 is 11.6 Å². The number of piperidine rings is 1. The topological polar surface area (TPSA) is 59.1 Å². The number of ether oxygens (including phenoxy) is 2. The molecule has 192 valence electrons. The Hall–Kier alpha value is -2.57. The lowest BCUT2D eigenvalue weighted by molar-refractivity contribution is -0.168. The third kappa shape index (κ3) is 5.55. The highest BCUT2D eigenvalue weighted by Gasteiger charge is 2.44. The van der Waals surface area contributed by atoms with Crippen molar-refractivity contribution in [1.29, 1.82) is 0 Å². The third-order valence-corrected chi connectivity index (χ3v) is 8.20. The van der Waals surface area contributed by atoms with Crippen molar-refractivity contribution in [2.75, 3.05) is 39.4 Å². The normalized spacial score (nSPS) is 22.4. The summed E-state index contributed by atoms with van der Waals surface area (Å²) in [6.45, 7) is 4.98. The Bertz CT molecular complexity index is 1090. The van der Waals surface area contributed by atoms with E-state index in [-0.39, 0.29) is 30.8 Å². The minimum Gasteiger partial charge on any atom is -0.490 e. The summed E-state index contributed by atoms with van der Waals surface area (Å²) in [6.07, 6.45) is 4.98.